The number of alkyl halides is 2. The molecule has 0 saturated carbocycles. The molecule has 4 aromatic rings. The number of anilines is 1. The third kappa shape index (κ3) is 5.80. The summed E-state index contributed by atoms with van der Waals surface area (Å²) in [6, 6.07) is 23.0. The van der Waals surface area contributed by atoms with Crippen molar-refractivity contribution in [1.29, 1.82) is 0 Å². The molecular weight excluding hydrogens is 464 g/mol. The molecule has 1 aromatic heterocycles. The van der Waals surface area contributed by atoms with Crippen molar-refractivity contribution in [2.75, 3.05) is 11.1 Å². The number of carbonyl (C=O) groups is 1. The Morgan fingerprint density at radius 2 is 1.67 bits per heavy atom. The lowest BCUT2D eigenvalue weighted by molar-refractivity contribution is -0.113. The second-order valence-electron chi connectivity index (χ2n) is 7.00. The zero-order valence-corrected chi connectivity index (χ0v) is 18.9. The summed E-state index contributed by atoms with van der Waals surface area (Å²) < 4.78 is 27.2. The van der Waals surface area contributed by atoms with Gasteiger partial charge in [0.1, 0.15) is 0 Å². The number of rotatable bonds is 8. The summed E-state index contributed by atoms with van der Waals surface area (Å²) in [5.74, 6) is -3.00. The molecule has 4 rings (SSSR count). The standard InChI is InChI=1S/C24H19F2N3O2S2/c25-23(26)33-20-13-7-6-12-19(20)27-21(30)15-32-24-28-18-11-5-4-10-17(18)22(31)29(24)14-16-8-2-1-3-9-16/h1-13,23H,14-15H2,(H,27,30). The first-order chi connectivity index (χ1) is 16.0. The highest BCUT2D eigenvalue weighted by molar-refractivity contribution is 8.00. The average Bonchev–Trinajstić information content (AvgIpc) is 2.81. The van der Waals surface area contributed by atoms with Gasteiger partial charge in [-0.3, -0.25) is 14.2 Å². The summed E-state index contributed by atoms with van der Waals surface area (Å²) in [5.41, 5.74) is 1.61. The summed E-state index contributed by atoms with van der Waals surface area (Å²) in [7, 11) is 0. The van der Waals surface area contributed by atoms with E-state index in [9.17, 15) is 18.4 Å². The summed E-state index contributed by atoms with van der Waals surface area (Å²) in [6.45, 7) is 0.315. The Morgan fingerprint density at radius 1 is 0.970 bits per heavy atom. The number of hydrogen-bond donors (Lipinski definition) is 1. The molecule has 1 N–H and O–H groups in total. The van der Waals surface area contributed by atoms with Gasteiger partial charge in [-0.15, -0.1) is 0 Å². The van der Waals surface area contributed by atoms with E-state index in [1.165, 1.54) is 6.07 Å². The van der Waals surface area contributed by atoms with Crippen LogP contribution in [0.5, 0.6) is 0 Å². The number of para-hydroxylation sites is 2. The normalized spacial score (nSPS) is 11.1. The molecule has 0 aliphatic rings. The van der Waals surface area contributed by atoms with Crippen LogP contribution in [0.2, 0.25) is 0 Å². The first-order valence-electron chi connectivity index (χ1n) is 10.0. The molecule has 0 unspecified atom stereocenters. The quantitative estimate of drug-likeness (QED) is 0.265. The van der Waals surface area contributed by atoms with Crippen LogP contribution in [-0.4, -0.2) is 27.0 Å². The van der Waals surface area contributed by atoms with Gasteiger partial charge in [-0.1, -0.05) is 78.1 Å². The Bertz CT molecular complexity index is 1330. The Labute approximate surface area is 197 Å². The molecule has 3 aromatic carbocycles. The van der Waals surface area contributed by atoms with Crippen molar-refractivity contribution in [3.8, 4) is 0 Å². The van der Waals surface area contributed by atoms with Gasteiger partial charge in [-0.25, -0.2) is 4.98 Å². The minimum atomic E-state index is -2.59. The second kappa shape index (κ2) is 10.6. The topological polar surface area (TPSA) is 64.0 Å². The number of carbonyl (C=O) groups excluding carboxylic acids is 1. The fraction of sp³-hybridized carbons (Fsp3) is 0.125. The smallest absolute Gasteiger partial charge is 0.288 e. The Kier molecular flexibility index (Phi) is 7.41. The summed E-state index contributed by atoms with van der Waals surface area (Å²) in [6.07, 6.45) is 0. The monoisotopic (exact) mass is 483 g/mol. The zero-order chi connectivity index (χ0) is 23.2. The molecule has 0 fully saturated rings. The maximum atomic E-state index is 13.2. The third-order valence-electron chi connectivity index (χ3n) is 4.72. The highest BCUT2D eigenvalue weighted by Crippen LogP contribution is 2.31. The number of fused-ring (bicyclic) bond motifs is 1. The Balaban J connectivity index is 1.57. The van der Waals surface area contributed by atoms with Gasteiger partial charge in [0, 0.05) is 4.90 Å². The van der Waals surface area contributed by atoms with Gasteiger partial charge < -0.3 is 5.32 Å². The molecule has 5 nitrogen and oxygen atoms in total. The third-order valence-corrected chi connectivity index (χ3v) is 6.48. The van der Waals surface area contributed by atoms with Crippen LogP contribution in [0.1, 0.15) is 5.56 Å². The molecule has 168 valence electrons. The highest BCUT2D eigenvalue weighted by Gasteiger charge is 2.15. The maximum Gasteiger partial charge on any atom is 0.288 e. The van der Waals surface area contributed by atoms with E-state index in [2.05, 4.69) is 10.3 Å². The molecule has 0 saturated heterocycles. The number of hydrogen-bond acceptors (Lipinski definition) is 5. The number of nitrogens with one attached hydrogen (secondary N) is 1. The molecule has 0 bridgehead atoms. The predicted octanol–water partition coefficient (Wildman–Crippen LogP) is 5.49. The summed E-state index contributed by atoms with van der Waals surface area (Å²) in [5, 5.41) is 3.59. The van der Waals surface area contributed by atoms with E-state index in [0.29, 0.717) is 40.1 Å². The van der Waals surface area contributed by atoms with Crippen LogP contribution in [0.25, 0.3) is 10.9 Å². The van der Waals surface area contributed by atoms with Crippen molar-refractivity contribution in [2.45, 2.75) is 22.4 Å². The van der Waals surface area contributed by atoms with Gasteiger partial charge in [0.25, 0.3) is 11.3 Å². The van der Waals surface area contributed by atoms with Crippen molar-refractivity contribution < 1.29 is 13.6 Å². The molecule has 0 aliphatic carbocycles. The first-order valence-corrected chi connectivity index (χ1v) is 11.9. The van der Waals surface area contributed by atoms with Gasteiger partial charge in [0.2, 0.25) is 5.91 Å². The fourth-order valence-electron chi connectivity index (χ4n) is 3.25. The number of nitrogens with zero attached hydrogens (tertiary/aromatic N) is 2. The molecule has 0 aliphatic heterocycles. The second-order valence-corrected chi connectivity index (χ2v) is 8.97. The van der Waals surface area contributed by atoms with Crippen LogP contribution < -0.4 is 10.9 Å². The number of amides is 1. The number of aromatic nitrogens is 2. The summed E-state index contributed by atoms with van der Waals surface area (Å²) in [4.78, 5) is 30.7. The van der Waals surface area contributed by atoms with Crippen LogP contribution >= 0.6 is 23.5 Å². The first kappa shape index (κ1) is 23.0. The van der Waals surface area contributed by atoms with E-state index in [-0.39, 0.29) is 22.1 Å². The van der Waals surface area contributed by atoms with Crippen LogP contribution in [0.4, 0.5) is 14.5 Å². The molecule has 0 atom stereocenters. The zero-order valence-electron chi connectivity index (χ0n) is 17.3. The van der Waals surface area contributed by atoms with E-state index in [1.54, 1.807) is 47.0 Å². The van der Waals surface area contributed by atoms with E-state index in [4.69, 9.17) is 0 Å². The van der Waals surface area contributed by atoms with E-state index in [1.807, 2.05) is 30.3 Å². The molecule has 0 radical (unpaired) electrons. The molecule has 1 heterocycles. The molecule has 1 amide bonds. The average molecular weight is 484 g/mol. The minimum absolute atomic E-state index is 0.0345. The van der Waals surface area contributed by atoms with E-state index < -0.39 is 5.76 Å². The Morgan fingerprint density at radius 3 is 2.45 bits per heavy atom. The van der Waals surface area contributed by atoms with Crippen molar-refractivity contribution in [3.63, 3.8) is 0 Å². The molecular formula is C24H19F2N3O2S2. The number of thioether (sulfide) groups is 2. The summed E-state index contributed by atoms with van der Waals surface area (Å²) >= 11 is 1.50. The molecule has 9 heteroatoms. The van der Waals surface area contributed by atoms with Crippen molar-refractivity contribution in [2.24, 2.45) is 0 Å². The predicted molar refractivity (Wildman–Crippen MR) is 129 cm³/mol. The van der Waals surface area contributed by atoms with Crippen LogP contribution in [0.15, 0.2) is 93.7 Å². The van der Waals surface area contributed by atoms with Gasteiger partial charge in [-0.2, -0.15) is 8.78 Å². The molecule has 0 spiro atoms. The molecule has 33 heavy (non-hydrogen) atoms. The SMILES string of the molecule is O=C(CSc1nc2ccccc2c(=O)n1Cc1ccccc1)Nc1ccccc1SC(F)F. The highest BCUT2D eigenvalue weighted by atomic mass is 32.2. The fourth-order valence-corrected chi connectivity index (χ4v) is 4.64. The number of benzene rings is 3. The maximum absolute atomic E-state index is 13.2. The van der Waals surface area contributed by atoms with Gasteiger partial charge in [-0.05, 0) is 29.8 Å². The van der Waals surface area contributed by atoms with Crippen LogP contribution in [0, 0.1) is 0 Å². The van der Waals surface area contributed by atoms with Gasteiger partial charge >= 0.3 is 0 Å². The Hall–Kier alpha value is -3.17. The lowest BCUT2D eigenvalue weighted by Gasteiger charge is -2.14. The van der Waals surface area contributed by atoms with Crippen LogP contribution in [0.3, 0.4) is 0 Å². The van der Waals surface area contributed by atoms with Gasteiger partial charge in [0.05, 0.1) is 28.9 Å². The lowest BCUT2D eigenvalue weighted by atomic mass is 10.2. The van der Waals surface area contributed by atoms with Crippen molar-refractivity contribution >= 4 is 46.0 Å². The van der Waals surface area contributed by atoms with Crippen molar-refractivity contribution in [3.05, 3.63) is 94.8 Å². The number of halogens is 2. The van der Waals surface area contributed by atoms with E-state index >= 15 is 0 Å². The minimum Gasteiger partial charge on any atom is -0.324 e. The van der Waals surface area contributed by atoms with Crippen molar-refractivity contribution in [1.82, 2.24) is 9.55 Å². The lowest BCUT2D eigenvalue weighted by Crippen LogP contribution is -2.25. The van der Waals surface area contributed by atoms with Gasteiger partial charge in [0.15, 0.2) is 5.16 Å². The van der Waals surface area contributed by atoms with Crippen LogP contribution in [-0.2, 0) is 11.3 Å². The largest absolute Gasteiger partial charge is 0.324 e. The van der Waals surface area contributed by atoms with E-state index in [0.717, 1.165) is 17.3 Å².